The molecule has 6 rings (SSSR count). The first kappa shape index (κ1) is 31.5. The molecular formula is C28H25N2NaO8S4. The number of allylic oxidation sites excluding steroid dienone is 2. The first-order valence-electron chi connectivity index (χ1n) is 12.2. The van der Waals surface area contributed by atoms with Crippen molar-refractivity contribution in [3.63, 3.8) is 0 Å². The molecule has 0 fully saturated rings. The van der Waals surface area contributed by atoms with E-state index in [2.05, 4.69) is 18.0 Å². The number of rotatable bonds is 7. The van der Waals surface area contributed by atoms with Gasteiger partial charge in [0.2, 0.25) is 17.3 Å². The van der Waals surface area contributed by atoms with Crippen LogP contribution in [0.2, 0.25) is 0 Å². The van der Waals surface area contributed by atoms with E-state index in [4.69, 9.17) is 9.15 Å². The largest absolute Gasteiger partial charge is 1.00 e. The van der Waals surface area contributed by atoms with Gasteiger partial charge in [-0.1, -0.05) is 12.7 Å². The average molecular weight is 669 g/mol. The minimum absolute atomic E-state index is 0. The van der Waals surface area contributed by atoms with Crippen molar-refractivity contribution in [1.29, 1.82) is 0 Å². The zero-order valence-corrected chi connectivity index (χ0v) is 28.0. The molecule has 0 bridgehead atoms. The molecule has 0 saturated heterocycles. The zero-order valence-electron chi connectivity index (χ0n) is 22.7. The minimum atomic E-state index is -5.07. The van der Waals surface area contributed by atoms with E-state index >= 15 is 0 Å². The summed E-state index contributed by atoms with van der Waals surface area (Å²) < 4.78 is 87.5. The van der Waals surface area contributed by atoms with Crippen molar-refractivity contribution in [2.45, 2.75) is 19.2 Å². The monoisotopic (exact) mass is 668 g/mol. The Hall–Kier alpha value is -2.97. The van der Waals surface area contributed by atoms with Crippen LogP contribution < -0.4 is 43.8 Å². The fraction of sp³-hybridized carbons (Fsp3) is 0.107. The maximum atomic E-state index is 12.3. The molecule has 43 heavy (non-hydrogen) atoms. The van der Waals surface area contributed by atoms with Gasteiger partial charge in [0, 0.05) is 25.8 Å². The van der Waals surface area contributed by atoms with Crippen LogP contribution in [0.1, 0.15) is 23.5 Å². The van der Waals surface area contributed by atoms with Crippen LogP contribution in [0.3, 0.4) is 0 Å². The van der Waals surface area contributed by atoms with E-state index in [9.17, 15) is 25.9 Å². The first-order chi connectivity index (χ1) is 19.9. The Balaban J connectivity index is 0.00000184. The van der Waals surface area contributed by atoms with Crippen molar-refractivity contribution < 1.29 is 73.5 Å². The summed E-state index contributed by atoms with van der Waals surface area (Å²) in [6.07, 6.45) is 3.39. The molecule has 0 unspecified atom stereocenters. The summed E-state index contributed by atoms with van der Waals surface area (Å²) in [6, 6.07) is 10.7. The van der Waals surface area contributed by atoms with Crippen LogP contribution in [-0.2, 0) is 26.1 Å². The standard InChI is InChI=1S/C28H20N2O8S4.Na.3H2/c1-3-5-28(42(34,35)36)30-21-15-25-19(7-9-40-25)13-23(21)38-27(30)11-17(4-2)10-26-29(16-41(31,32)33)20-14-24-18(6-8-39-24)12-22(20)37-26;;;;/h6-15H,1,4,16H2,2H3,(H-,31,32,33,34,35,36);;3*1H/q;+1;;;/p-1. The van der Waals surface area contributed by atoms with Crippen LogP contribution in [0.5, 0.6) is 5.75 Å². The van der Waals surface area contributed by atoms with Gasteiger partial charge in [-0.3, -0.25) is 4.90 Å². The van der Waals surface area contributed by atoms with Gasteiger partial charge in [0.05, 0.1) is 11.8 Å². The molecule has 1 aliphatic rings. The molecular weight excluding hydrogens is 644 g/mol. The SMILES string of the molecule is C=C=C=C(N1C(=CC(=Cc2oc3cc4ccsc4cc3[n+]2CS(=O)(=O)[O-])CC)Oc2cc3ccsc3cc21)S(=O)(=O)[O-].[HH].[HH].[HH].[Na+]. The van der Waals surface area contributed by atoms with Crippen molar-refractivity contribution in [3.05, 3.63) is 93.7 Å². The number of fused-ring (bicyclic) bond motifs is 4. The number of oxazole rings is 1. The van der Waals surface area contributed by atoms with Gasteiger partial charge in [-0.25, -0.2) is 16.8 Å². The second kappa shape index (κ2) is 11.8. The van der Waals surface area contributed by atoms with Gasteiger partial charge in [0.15, 0.2) is 20.9 Å². The third-order valence-electron chi connectivity index (χ3n) is 6.46. The van der Waals surface area contributed by atoms with Crippen LogP contribution in [0.15, 0.2) is 92.2 Å². The fourth-order valence-corrected chi connectivity index (χ4v) is 7.44. The van der Waals surface area contributed by atoms with Crippen LogP contribution in [0, 0.1) is 0 Å². The minimum Gasteiger partial charge on any atom is -0.743 e. The molecule has 0 atom stereocenters. The maximum absolute atomic E-state index is 12.3. The summed E-state index contributed by atoms with van der Waals surface area (Å²) in [7, 11) is -9.77. The average Bonchev–Trinajstić information content (AvgIpc) is 3.69. The number of hydrogen-bond acceptors (Lipinski definition) is 11. The van der Waals surface area contributed by atoms with Crippen molar-refractivity contribution in [1.82, 2.24) is 0 Å². The number of hydrogen-bond donors (Lipinski definition) is 0. The van der Waals surface area contributed by atoms with Gasteiger partial charge < -0.3 is 18.3 Å². The number of aromatic nitrogens is 1. The second-order valence-corrected chi connectivity index (χ2v) is 13.7. The van der Waals surface area contributed by atoms with E-state index in [0.717, 1.165) is 25.1 Å². The van der Waals surface area contributed by atoms with Gasteiger partial charge in [0.1, 0.15) is 10.1 Å². The number of thiophene rings is 2. The quantitative estimate of drug-likeness (QED) is 0.111. The van der Waals surface area contributed by atoms with Crippen LogP contribution in [0.4, 0.5) is 5.69 Å². The molecule has 0 aliphatic carbocycles. The molecule has 0 spiro atoms. The summed E-state index contributed by atoms with van der Waals surface area (Å²) in [5, 5.41) is 4.76. The van der Waals surface area contributed by atoms with E-state index in [1.54, 1.807) is 24.3 Å². The molecule has 3 aromatic heterocycles. The van der Waals surface area contributed by atoms with E-state index < -0.39 is 31.1 Å². The number of anilines is 1. The van der Waals surface area contributed by atoms with Gasteiger partial charge in [0.25, 0.3) is 5.52 Å². The molecule has 5 aromatic rings. The van der Waals surface area contributed by atoms with E-state index in [1.807, 2.05) is 29.8 Å². The molecule has 10 nitrogen and oxygen atoms in total. The molecule has 1 aliphatic heterocycles. The Morgan fingerprint density at radius 2 is 1.77 bits per heavy atom. The number of ether oxygens (including phenoxy) is 1. The molecule has 0 radical (unpaired) electrons. The van der Waals surface area contributed by atoms with Gasteiger partial charge >= 0.3 is 35.4 Å². The Bertz CT molecular complexity index is 2320. The van der Waals surface area contributed by atoms with Crippen LogP contribution in [0.25, 0.3) is 37.3 Å². The molecule has 0 amide bonds. The van der Waals surface area contributed by atoms with E-state index in [0.29, 0.717) is 34.5 Å². The Morgan fingerprint density at radius 1 is 1.09 bits per heavy atom. The molecule has 2 aromatic carbocycles. The van der Waals surface area contributed by atoms with Crippen molar-refractivity contribution in [3.8, 4) is 5.75 Å². The van der Waals surface area contributed by atoms with Crippen molar-refractivity contribution in [2.75, 3.05) is 4.90 Å². The van der Waals surface area contributed by atoms with Gasteiger partial charge in [-0.15, -0.1) is 27.2 Å². The fourth-order valence-electron chi connectivity index (χ4n) is 4.64. The Labute approximate surface area is 281 Å². The smallest absolute Gasteiger partial charge is 0.743 e. The van der Waals surface area contributed by atoms with Crippen LogP contribution in [-0.4, -0.2) is 25.9 Å². The maximum Gasteiger partial charge on any atom is 1.00 e. The van der Waals surface area contributed by atoms with Crippen molar-refractivity contribution in [2.24, 2.45) is 0 Å². The second-order valence-electron chi connectivity index (χ2n) is 9.17. The van der Waals surface area contributed by atoms with Crippen molar-refractivity contribution >= 4 is 85.9 Å². The molecule has 220 valence electrons. The predicted octanol–water partition coefficient (Wildman–Crippen LogP) is 3.25. The number of benzene rings is 2. The van der Waals surface area contributed by atoms with E-state index in [1.165, 1.54) is 39.4 Å². The Morgan fingerprint density at radius 3 is 2.40 bits per heavy atom. The predicted molar refractivity (Wildman–Crippen MR) is 165 cm³/mol. The third-order valence-corrected chi connectivity index (χ3v) is 9.56. The summed E-state index contributed by atoms with van der Waals surface area (Å²) in [5.41, 5.74) is 6.16. The summed E-state index contributed by atoms with van der Waals surface area (Å²) in [4.78, 5) is 1.13. The Kier molecular flexibility index (Phi) is 8.67. The van der Waals surface area contributed by atoms with E-state index in [-0.39, 0.29) is 45.6 Å². The third kappa shape index (κ3) is 6.18. The van der Waals surface area contributed by atoms with Gasteiger partial charge in [-0.2, -0.15) is 0 Å². The number of nitrogens with zero attached hydrogens (tertiary/aromatic N) is 2. The summed E-state index contributed by atoms with van der Waals surface area (Å²) in [5.74, 6) is -0.498. The van der Waals surface area contributed by atoms with Crippen LogP contribution >= 0.6 is 22.7 Å². The van der Waals surface area contributed by atoms with Gasteiger partial charge in [-0.05, 0) is 76.2 Å². The summed E-state index contributed by atoms with van der Waals surface area (Å²) in [6.45, 7) is 5.18. The molecule has 4 heterocycles. The topological polar surface area (TPSA) is 144 Å². The molecule has 0 saturated carbocycles. The summed E-state index contributed by atoms with van der Waals surface area (Å²) >= 11 is 2.89. The molecule has 15 heteroatoms. The normalized spacial score (nSPS) is 14.5. The first-order valence-corrected chi connectivity index (χ1v) is 17.0. The molecule has 0 N–H and O–H groups in total. The zero-order chi connectivity index (χ0) is 29.8.